The lowest BCUT2D eigenvalue weighted by molar-refractivity contribution is 0.0727. The van der Waals surface area contributed by atoms with Gasteiger partial charge >= 0.3 is 0 Å². The van der Waals surface area contributed by atoms with Gasteiger partial charge in [0.05, 0.1) is 18.1 Å². The molecule has 0 spiro atoms. The zero-order valence-corrected chi connectivity index (χ0v) is 11.1. The van der Waals surface area contributed by atoms with E-state index in [9.17, 15) is 5.11 Å². The first-order valence-corrected chi connectivity index (χ1v) is 6.46. The number of fused-ring (bicyclic) bond motifs is 1. The molecule has 0 amide bonds. The fraction of sp³-hybridized carbons (Fsp3) is 0.455. The van der Waals surface area contributed by atoms with Gasteiger partial charge in [0.1, 0.15) is 10.6 Å². The normalized spacial score (nSPS) is 12.6. The van der Waals surface area contributed by atoms with Crippen LogP contribution in [0.4, 0.5) is 11.8 Å². The second kappa shape index (κ2) is 5.94. The quantitative estimate of drug-likeness (QED) is 0.729. The number of hydrogen-bond acceptors (Lipinski definition) is 7. The van der Waals surface area contributed by atoms with Crippen LogP contribution in [-0.4, -0.2) is 48.5 Å². The maximum Gasteiger partial charge on any atom is 0.225 e. The summed E-state index contributed by atoms with van der Waals surface area (Å²) in [6.45, 7) is 0.683. The molecule has 0 saturated carbocycles. The number of nitrogens with one attached hydrogen (secondary N) is 2. The minimum Gasteiger partial charge on any atom is -0.389 e. The molecule has 0 fully saturated rings. The second-order valence-corrected chi connectivity index (χ2v) is 4.67. The first kappa shape index (κ1) is 13.0. The van der Waals surface area contributed by atoms with E-state index in [2.05, 4.69) is 20.6 Å². The molecule has 1 atom stereocenters. The summed E-state index contributed by atoms with van der Waals surface area (Å²) in [6, 6.07) is 1.96. The molecule has 2 rings (SSSR count). The van der Waals surface area contributed by atoms with Crippen molar-refractivity contribution < 1.29 is 9.84 Å². The molecule has 0 aromatic carbocycles. The van der Waals surface area contributed by atoms with Gasteiger partial charge in [0.2, 0.25) is 5.95 Å². The highest BCUT2D eigenvalue weighted by molar-refractivity contribution is 7.16. The minimum absolute atomic E-state index is 0.295. The van der Waals surface area contributed by atoms with E-state index in [0.717, 1.165) is 16.0 Å². The molecule has 6 nitrogen and oxygen atoms in total. The number of rotatable bonds is 6. The molecule has 0 aliphatic heterocycles. The van der Waals surface area contributed by atoms with Crippen LogP contribution in [0.5, 0.6) is 0 Å². The van der Waals surface area contributed by atoms with Gasteiger partial charge in [-0.2, -0.15) is 4.98 Å². The van der Waals surface area contributed by atoms with E-state index in [1.165, 1.54) is 0 Å². The number of aliphatic hydroxyl groups is 1. The Morgan fingerprint density at radius 1 is 1.50 bits per heavy atom. The van der Waals surface area contributed by atoms with Crippen molar-refractivity contribution >= 4 is 33.3 Å². The molecule has 2 aromatic heterocycles. The van der Waals surface area contributed by atoms with Gasteiger partial charge in [0.25, 0.3) is 0 Å². The number of ether oxygens (including phenoxy) is 1. The molecule has 0 bridgehead atoms. The van der Waals surface area contributed by atoms with E-state index in [1.54, 1.807) is 25.5 Å². The Balaban J connectivity index is 2.18. The average molecular weight is 268 g/mol. The van der Waals surface area contributed by atoms with Crippen molar-refractivity contribution in [3.63, 3.8) is 0 Å². The number of methoxy groups -OCH3 is 1. The van der Waals surface area contributed by atoms with Crippen molar-refractivity contribution in [3.05, 3.63) is 11.4 Å². The van der Waals surface area contributed by atoms with Crippen LogP contribution in [0.25, 0.3) is 10.2 Å². The summed E-state index contributed by atoms with van der Waals surface area (Å²) >= 11 is 1.56. The van der Waals surface area contributed by atoms with Crippen molar-refractivity contribution in [3.8, 4) is 0 Å². The molecule has 7 heteroatoms. The fourth-order valence-corrected chi connectivity index (χ4v) is 2.33. The largest absolute Gasteiger partial charge is 0.389 e. The average Bonchev–Trinajstić information content (AvgIpc) is 2.84. The zero-order chi connectivity index (χ0) is 13.0. The number of anilines is 2. The highest BCUT2D eigenvalue weighted by atomic mass is 32.1. The summed E-state index contributed by atoms with van der Waals surface area (Å²) in [5.74, 6) is 1.29. The summed E-state index contributed by atoms with van der Waals surface area (Å²) in [5.41, 5.74) is 0. The van der Waals surface area contributed by atoms with Gasteiger partial charge in [-0.05, 0) is 11.4 Å². The van der Waals surface area contributed by atoms with Crippen LogP contribution in [-0.2, 0) is 4.74 Å². The lowest BCUT2D eigenvalue weighted by atomic mass is 10.3. The Labute approximate surface area is 109 Å². The van der Waals surface area contributed by atoms with Crippen LogP contribution in [0.1, 0.15) is 0 Å². The molecule has 0 radical (unpaired) electrons. The molecule has 2 heterocycles. The Kier molecular flexibility index (Phi) is 4.29. The third kappa shape index (κ3) is 2.87. The molecule has 1 unspecified atom stereocenters. The van der Waals surface area contributed by atoms with Crippen LogP contribution in [0.15, 0.2) is 11.4 Å². The van der Waals surface area contributed by atoms with Gasteiger partial charge in [-0.3, -0.25) is 0 Å². The van der Waals surface area contributed by atoms with Gasteiger partial charge in [-0.25, -0.2) is 4.98 Å². The number of nitrogens with zero attached hydrogens (tertiary/aromatic N) is 2. The molecule has 0 saturated heterocycles. The standard InChI is InChI=1S/C11H16N4O2S/c1-12-11-14-9(13-5-7(16)6-17-2)8-3-4-18-10(8)15-11/h3-4,7,16H,5-6H2,1-2H3,(H2,12,13,14,15). The lowest BCUT2D eigenvalue weighted by Gasteiger charge is -2.12. The Morgan fingerprint density at radius 3 is 3.06 bits per heavy atom. The Morgan fingerprint density at radius 2 is 2.33 bits per heavy atom. The third-order valence-corrected chi connectivity index (χ3v) is 3.22. The van der Waals surface area contributed by atoms with Crippen molar-refractivity contribution in [1.29, 1.82) is 0 Å². The van der Waals surface area contributed by atoms with Crippen molar-refractivity contribution in [2.24, 2.45) is 0 Å². The summed E-state index contributed by atoms with van der Waals surface area (Å²) < 4.78 is 4.88. The van der Waals surface area contributed by atoms with Crippen LogP contribution >= 0.6 is 11.3 Å². The lowest BCUT2D eigenvalue weighted by Crippen LogP contribution is -2.24. The molecule has 3 N–H and O–H groups in total. The predicted octanol–water partition coefficient (Wildman–Crippen LogP) is 1.15. The summed E-state index contributed by atoms with van der Waals surface area (Å²) in [7, 11) is 3.34. The van der Waals surface area contributed by atoms with Gasteiger partial charge in [-0.15, -0.1) is 11.3 Å². The first-order chi connectivity index (χ1) is 8.74. The van der Waals surface area contributed by atoms with Crippen molar-refractivity contribution in [2.75, 3.05) is 37.9 Å². The van der Waals surface area contributed by atoms with E-state index in [-0.39, 0.29) is 0 Å². The fourth-order valence-electron chi connectivity index (χ4n) is 1.57. The Bertz CT molecular complexity index is 517. The summed E-state index contributed by atoms with van der Waals surface area (Å²) in [6.07, 6.45) is -0.559. The molecule has 0 aliphatic carbocycles. The second-order valence-electron chi connectivity index (χ2n) is 3.78. The first-order valence-electron chi connectivity index (χ1n) is 5.58. The molecular weight excluding hydrogens is 252 g/mol. The highest BCUT2D eigenvalue weighted by Gasteiger charge is 2.10. The van der Waals surface area contributed by atoms with Gasteiger partial charge in [0, 0.05) is 20.7 Å². The number of hydrogen-bond donors (Lipinski definition) is 3. The predicted molar refractivity (Wildman–Crippen MR) is 73.3 cm³/mol. The zero-order valence-electron chi connectivity index (χ0n) is 10.3. The number of aromatic nitrogens is 2. The Hall–Kier alpha value is -1.44. The van der Waals surface area contributed by atoms with E-state index >= 15 is 0 Å². The van der Waals surface area contributed by atoms with Gasteiger partial charge in [0.15, 0.2) is 0 Å². The summed E-state index contributed by atoms with van der Waals surface area (Å²) in [5, 5.41) is 18.6. The SMILES string of the molecule is CNc1nc(NCC(O)COC)c2ccsc2n1. The maximum absolute atomic E-state index is 9.62. The molecular formula is C11H16N4O2S. The molecule has 2 aromatic rings. The topological polar surface area (TPSA) is 79.3 Å². The van der Waals surface area contributed by atoms with Crippen molar-refractivity contribution in [1.82, 2.24) is 9.97 Å². The minimum atomic E-state index is -0.559. The van der Waals surface area contributed by atoms with Crippen molar-refractivity contribution in [2.45, 2.75) is 6.10 Å². The molecule has 98 valence electrons. The van der Waals surface area contributed by atoms with Gasteiger partial charge < -0.3 is 20.5 Å². The molecule has 0 aliphatic rings. The monoisotopic (exact) mass is 268 g/mol. The van der Waals surface area contributed by atoms with Gasteiger partial charge in [-0.1, -0.05) is 0 Å². The summed E-state index contributed by atoms with van der Waals surface area (Å²) in [4.78, 5) is 9.61. The number of aliphatic hydroxyl groups excluding tert-OH is 1. The van der Waals surface area contributed by atoms with E-state index in [4.69, 9.17) is 4.74 Å². The van der Waals surface area contributed by atoms with Crippen LogP contribution in [0.3, 0.4) is 0 Å². The smallest absolute Gasteiger partial charge is 0.225 e. The molecule has 18 heavy (non-hydrogen) atoms. The van der Waals surface area contributed by atoms with Crippen LogP contribution in [0, 0.1) is 0 Å². The number of thiophene rings is 1. The highest BCUT2D eigenvalue weighted by Crippen LogP contribution is 2.26. The van der Waals surface area contributed by atoms with Crippen LogP contribution in [0.2, 0.25) is 0 Å². The van der Waals surface area contributed by atoms with Crippen LogP contribution < -0.4 is 10.6 Å². The maximum atomic E-state index is 9.62. The third-order valence-electron chi connectivity index (χ3n) is 2.41. The van der Waals surface area contributed by atoms with E-state index in [0.29, 0.717) is 19.1 Å². The van der Waals surface area contributed by atoms with E-state index < -0.39 is 6.10 Å². The van der Waals surface area contributed by atoms with E-state index in [1.807, 2.05) is 11.4 Å².